The van der Waals surface area contributed by atoms with Gasteiger partial charge in [0.1, 0.15) is 0 Å². The van der Waals surface area contributed by atoms with E-state index < -0.39 is 11.0 Å². The van der Waals surface area contributed by atoms with Crippen molar-refractivity contribution in [2.75, 3.05) is 0 Å². The minimum atomic E-state index is -0.802. The van der Waals surface area contributed by atoms with E-state index in [-0.39, 0.29) is 17.2 Å². The number of rotatable bonds is 6. The van der Waals surface area contributed by atoms with Gasteiger partial charge in [-0.15, -0.1) is 0 Å². The van der Waals surface area contributed by atoms with Crippen LogP contribution in [0.2, 0.25) is 0 Å². The zero-order chi connectivity index (χ0) is 17.0. The summed E-state index contributed by atoms with van der Waals surface area (Å²) in [5.74, 6) is -0.103. The molecule has 2 rings (SSSR count). The second-order valence-electron chi connectivity index (χ2n) is 5.40. The molecule has 0 radical (unpaired) electrons. The lowest BCUT2D eigenvalue weighted by molar-refractivity contribution is -0.386. The number of hydrogen-bond acceptors (Lipinski definition) is 4. The van der Waals surface area contributed by atoms with Crippen molar-refractivity contribution in [2.45, 2.75) is 33.3 Å². The lowest BCUT2D eigenvalue weighted by Gasteiger charge is -2.14. The predicted molar refractivity (Wildman–Crippen MR) is 88.1 cm³/mol. The Bertz CT molecular complexity index is 722. The van der Waals surface area contributed by atoms with Crippen LogP contribution in [0.4, 0.5) is 5.69 Å². The fourth-order valence-corrected chi connectivity index (χ4v) is 2.25. The van der Waals surface area contributed by atoms with E-state index in [0.29, 0.717) is 5.56 Å². The van der Waals surface area contributed by atoms with Crippen molar-refractivity contribution >= 4 is 11.5 Å². The highest BCUT2D eigenvalue weighted by molar-refractivity contribution is 5.99. The van der Waals surface area contributed by atoms with Gasteiger partial charge in [0.05, 0.1) is 4.92 Å². The highest BCUT2D eigenvalue weighted by Gasteiger charge is 2.22. The molecule has 120 valence electrons. The Morgan fingerprint density at radius 2 is 1.87 bits per heavy atom. The Morgan fingerprint density at radius 3 is 2.43 bits per heavy atom. The Kier molecular flexibility index (Phi) is 5.11. The van der Waals surface area contributed by atoms with Gasteiger partial charge < -0.3 is 4.74 Å². The maximum absolute atomic E-state index is 12.4. The van der Waals surface area contributed by atoms with Crippen LogP contribution in [0, 0.1) is 17.0 Å². The van der Waals surface area contributed by atoms with Gasteiger partial charge in [0.2, 0.25) is 5.78 Å². The summed E-state index contributed by atoms with van der Waals surface area (Å²) >= 11 is 0. The summed E-state index contributed by atoms with van der Waals surface area (Å²) in [5, 5.41) is 11.1. The second-order valence-corrected chi connectivity index (χ2v) is 5.40. The van der Waals surface area contributed by atoms with E-state index in [4.69, 9.17) is 4.74 Å². The van der Waals surface area contributed by atoms with Crippen LogP contribution in [0.1, 0.15) is 35.3 Å². The number of nitro groups is 1. The number of ether oxygens (including phenoxy) is 1. The number of nitrogens with zero attached hydrogens (tertiary/aromatic N) is 1. The molecule has 0 saturated carbocycles. The van der Waals surface area contributed by atoms with Crippen molar-refractivity contribution in [1.82, 2.24) is 0 Å². The van der Waals surface area contributed by atoms with Crippen molar-refractivity contribution < 1.29 is 14.5 Å². The topological polar surface area (TPSA) is 69.4 Å². The van der Waals surface area contributed by atoms with Crippen LogP contribution >= 0.6 is 0 Å². The third-order valence-electron chi connectivity index (χ3n) is 3.63. The van der Waals surface area contributed by atoms with Crippen molar-refractivity contribution in [2.24, 2.45) is 0 Å². The molecule has 0 aliphatic rings. The summed E-state index contributed by atoms with van der Waals surface area (Å²) in [6.45, 7) is 5.40. The number of ketones is 1. The average Bonchev–Trinajstić information content (AvgIpc) is 2.55. The third kappa shape index (κ3) is 3.94. The zero-order valence-corrected chi connectivity index (χ0v) is 13.4. The van der Waals surface area contributed by atoms with Gasteiger partial charge in [0.15, 0.2) is 11.9 Å². The van der Waals surface area contributed by atoms with E-state index in [1.165, 1.54) is 12.1 Å². The zero-order valence-electron chi connectivity index (χ0n) is 13.4. The molecule has 0 aliphatic heterocycles. The number of carbonyl (C=O) groups is 1. The first-order valence-electron chi connectivity index (χ1n) is 7.47. The summed E-state index contributed by atoms with van der Waals surface area (Å²) in [6.07, 6.45) is 0.0969. The molecular weight excluding hydrogens is 294 g/mol. The minimum absolute atomic E-state index is 0.103. The first-order chi connectivity index (χ1) is 10.9. The second kappa shape index (κ2) is 7.05. The standard InChI is InChI=1S/C18H19NO4/c1-4-14-6-8-15(9-7-14)18(20)13(3)23-17-10-5-12(2)11-16(17)19(21)22/h5-11,13H,4H2,1-3H3/t13-/m0/s1. The van der Waals surface area contributed by atoms with Crippen LogP contribution in [0.15, 0.2) is 42.5 Å². The van der Waals surface area contributed by atoms with Gasteiger partial charge in [-0.1, -0.05) is 37.3 Å². The van der Waals surface area contributed by atoms with E-state index >= 15 is 0 Å². The highest BCUT2D eigenvalue weighted by Crippen LogP contribution is 2.29. The number of nitro benzene ring substituents is 1. The molecule has 0 aliphatic carbocycles. The van der Waals surface area contributed by atoms with Crippen LogP contribution < -0.4 is 4.74 Å². The largest absolute Gasteiger partial charge is 0.475 e. The van der Waals surface area contributed by atoms with E-state index in [2.05, 4.69) is 0 Å². The highest BCUT2D eigenvalue weighted by atomic mass is 16.6. The molecule has 0 saturated heterocycles. The summed E-state index contributed by atoms with van der Waals surface area (Å²) in [5.41, 5.74) is 2.30. The molecule has 0 fully saturated rings. The quantitative estimate of drug-likeness (QED) is 0.457. The molecule has 0 bridgehead atoms. The van der Waals surface area contributed by atoms with E-state index in [9.17, 15) is 14.9 Å². The molecule has 0 heterocycles. The summed E-state index contributed by atoms with van der Waals surface area (Å²) in [6, 6.07) is 12.0. The Labute approximate surface area is 135 Å². The first kappa shape index (κ1) is 16.7. The predicted octanol–water partition coefficient (Wildman–Crippen LogP) is 4.12. The van der Waals surface area contributed by atoms with Crippen LogP contribution in [-0.4, -0.2) is 16.8 Å². The number of aryl methyl sites for hydroxylation is 2. The van der Waals surface area contributed by atoms with Gasteiger partial charge in [-0.05, 0) is 37.5 Å². The van der Waals surface area contributed by atoms with Crippen molar-refractivity contribution in [1.29, 1.82) is 0 Å². The fraction of sp³-hybridized carbons (Fsp3) is 0.278. The normalized spacial score (nSPS) is 11.8. The fourth-order valence-electron chi connectivity index (χ4n) is 2.25. The molecular formula is C18H19NO4. The molecule has 0 amide bonds. The average molecular weight is 313 g/mol. The first-order valence-corrected chi connectivity index (χ1v) is 7.47. The molecule has 0 N–H and O–H groups in total. The molecule has 5 nitrogen and oxygen atoms in total. The monoisotopic (exact) mass is 313 g/mol. The molecule has 0 aromatic heterocycles. The van der Waals surface area contributed by atoms with Crippen molar-refractivity contribution in [3.63, 3.8) is 0 Å². The van der Waals surface area contributed by atoms with Crippen LogP contribution in [0.3, 0.4) is 0 Å². The summed E-state index contributed by atoms with van der Waals surface area (Å²) in [4.78, 5) is 23.0. The Hall–Kier alpha value is -2.69. The maximum atomic E-state index is 12.4. The maximum Gasteiger partial charge on any atom is 0.311 e. The number of carbonyl (C=O) groups excluding carboxylic acids is 1. The van der Waals surface area contributed by atoms with Gasteiger partial charge in [-0.3, -0.25) is 14.9 Å². The molecule has 1 atom stereocenters. The third-order valence-corrected chi connectivity index (χ3v) is 3.63. The SMILES string of the molecule is CCc1ccc(C(=O)[C@H](C)Oc2ccc(C)cc2[N+](=O)[O-])cc1. The Morgan fingerprint density at radius 1 is 1.22 bits per heavy atom. The molecule has 0 unspecified atom stereocenters. The molecule has 5 heteroatoms. The molecule has 2 aromatic rings. The molecule has 23 heavy (non-hydrogen) atoms. The summed E-state index contributed by atoms with van der Waals surface area (Å²) < 4.78 is 5.54. The lowest BCUT2D eigenvalue weighted by Crippen LogP contribution is -2.24. The van der Waals surface area contributed by atoms with Gasteiger partial charge in [0.25, 0.3) is 0 Å². The van der Waals surface area contributed by atoms with Gasteiger partial charge in [-0.25, -0.2) is 0 Å². The minimum Gasteiger partial charge on any atom is -0.475 e. The van der Waals surface area contributed by atoms with Gasteiger partial charge in [-0.2, -0.15) is 0 Å². The van der Waals surface area contributed by atoms with Crippen LogP contribution in [0.25, 0.3) is 0 Å². The smallest absolute Gasteiger partial charge is 0.311 e. The van der Waals surface area contributed by atoms with Gasteiger partial charge in [0, 0.05) is 11.6 Å². The number of Topliss-reactive ketones (excluding diaryl/α,β-unsaturated/α-hetero) is 1. The van der Waals surface area contributed by atoms with Crippen LogP contribution in [-0.2, 0) is 6.42 Å². The van der Waals surface area contributed by atoms with Crippen molar-refractivity contribution in [3.8, 4) is 5.75 Å². The molecule has 0 spiro atoms. The van der Waals surface area contributed by atoms with E-state index in [1.54, 1.807) is 32.0 Å². The Balaban J connectivity index is 2.19. The molecule has 2 aromatic carbocycles. The summed E-state index contributed by atoms with van der Waals surface area (Å²) in [7, 11) is 0. The van der Waals surface area contributed by atoms with Crippen molar-refractivity contribution in [3.05, 3.63) is 69.3 Å². The van der Waals surface area contributed by atoms with Gasteiger partial charge >= 0.3 is 5.69 Å². The van der Waals surface area contributed by atoms with E-state index in [1.807, 2.05) is 19.1 Å². The van der Waals surface area contributed by atoms with Crippen LogP contribution in [0.5, 0.6) is 5.75 Å². The lowest BCUT2D eigenvalue weighted by atomic mass is 10.0. The number of hydrogen-bond donors (Lipinski definition) is 0. The number of benzene rings is 2. The van der Waals surface area contributed by atoms with E-state index in [0.717, 1.165) is 17.5 Å².